The second-order valence-electron chi connectivity index (χ2n) is 5.43. The van der Waals surface area contributed by atoms with Gasteiger partial charge >= 0.3 is 0 Å². The summed E-state index contributed by atoms with van der Waals surface area (Å²) in [6, 6.07) is 19.2. The van der Waals surface area contributed by atoms with E-state index < -0.39 is 0 Å². The summed E-state index contributed by atoms with van der Waals surface area (Å²) in [5.41, 5.74) is 1.73. The van der Waals surface area contributed by atoms with Crippen LogP contribution in [0.2, 0.25) is 0 Å². The first-order valence-electron chi connectivity index (χ1n) is 8.03. The van der Waals surface area contributed by atoms with Crippen molar-refractivity contribution in [3.8, 4) is 11.5 Å². The van der Waals surface area contributed by atoms with Gasteiger partial charge in [-0.25, -0.2) is 4.98 Å². The molecule has 0 aliphatic heterocycles. The van der Waals surface area contributed by atoms with Crippen LogP contribution >= 0.6 is 0 Å². The summed E-state index contributed by atoms with van der Waals surface area (Å²) >= 11 is 0. The number of hydrogen-bond donors (Lipinski definition) is 3. The molecule has 0 unspecified atom stereocenters. The summed E-state index contributed by atoms with van der Waals surface area (Å²) in [6.07, 6.45) is 0. The van der Waals surface area contributed by atoms with Gasteiger partial charge in [0.1, 0.15) is 17.3 Å². The Balaban J connectivity index is 1.68. The number of aryl methyl sites for hydroxylation is 1. The number of aliphatic hydroxyl groups excluding tert-OH is 1. The van der Waals surface area contributed by atoms with Crippen molar-refractivity contribution in [2.75, 3.05) is 23.8 Å². The second-order valence-corrected chi connectivity index (χ2v) is 5.43. The Hall–Kier alpha value is -3.12. The van der Waals surface area contributed by atoms with Gasteiger partial charge in [0, 0.05) is 24.0 Å². The molecule has 0 saturated heterocycles. The van der Waals surface area contributed by atoms with E-state index in [-0.39, 0.29) is 6.61 Å². The van der Waals surface area contributed by atoms with Gasteiger partial charge in [0.15, 0.2) is 0 Å². The molecule has 0 atom stereocenters. The fourth-order valence-corrected chi connectivity index (χ4v) is 2.26. The van der Waals surface area contributed by atoms with Crippen LogP contribution in [0.1, 0.15) is 5.69 Å². The molecule has 0 spiro atoms. The first-order chi connectivity index (χ1) is 12.2. The molecular formula is C19H20N4O2. The third kappa shape index (κ3) is 4.92. The Morgan fingerprint density at radius 2 is 1.68 bits per heavy atom. The Bertz CT molecular complexity index is 807. The smallest absolute Gasteiger partial charge is 0.224 e. The maximum atomic E-state index is 8.89. The summed E-state index contributed by atoms with van der Waals surface area (Å²) in [5.74, 6) is 2.74. The van der Waals surface area contributed by atoms with Crippen molar-refractivity contribution in [2.24, 2.45) is 0 Å². The van der Waals surface area contributed by atoms with Gasteiger partial charge in [-0.1, -0.05) is 18.2 Å². The monoisotopic (exact) mass is 336 g/mol. The number of hydrogen-bond acceptors (Lipinski definition) is 6. The molecule has 0 aliphatic carbocycles. The summed E-state index contributed by atoms with van der Waals surface area (Å²) < 4.78 is 5.78. The van der Waals surface area contributed by atoms with Crippen molar-refractivity contribution in [1.29, 1.82) is 0 Å². The zero-order valence-corrected chi connectivity index (χ0v) is 13.9. The van der Waals surface area contributed by atoms with E-state index in [2.05, 4.69) is 20.6 Å². The van der Waals surface area contributed by atoms with E-state index >= 15 is 0 Å². The van der Waals surface area contributed by atoms with E-state index in [1.807, 2.05) is 67.6 Å². The molecule has 6 nitrogen and oxygen atoms in total. The van der Waals surface area contributed by atoms with Crippen LogP contribution in [0.15, 0.2) is 60.7 Å². The molecule has 128 valence electrons. The van der Waals surface area contributed by atoms with Gasteiger partial charge in [0.25, 0.3) is 0 Å². The highest BCUT2D eigenvalue weighted by molar-refractivity contribution is 5.58. The third-order valence-electron chi connectivity index (χ3n) is 3.35. The van der Waals surface area contributed by atoms with Crippen molar-refractivity contribution in [1.82, 2.24) is 9.97 Å². The summed E-state index contributed by atoms with van der Waals surface area (Å²) in [5, 5.41) is 15.1. The van der Waals surface area contributed by atoms with Crippen LogP contribution in [0.25, 0.3) is 0 Å². The predicted molar refractivity (Wildman–Crippen MR) is 98.6 cm³/mol. The lowest BCUT2D eigenvalue weighted by molar-refractivity contribution is 0.311. The third-order valence-corrected chi connectivity index (χ3v) is 3.35. The Kier molecular flexibility index (Phi) is 5.43. The first-order valence-corrected chi connectivity index (χ1v) is 8.03. The molecule has 25 heavy (non-hydrogen) atoms. The highest BCUT2D eigenvalue weighted by atomic mass is 16.5. The standard InChI is InChI=1S/C19H20N4O2/c1-14-13-18(23-19(21-14)20-11-12-24)22-15-7-9-17(10-8-15)25-16-5-3-2-4-6-16/h2-10,13,24H,11-12H2,1H3,(H2,20,21,22,23). The quantitative estimate of drug-likeness (QED) is 0.610. The van der Waals surface area contributed by atoms with Gasteiger partial charge in [0.05, 0.1) is 6.61 Å². The molecule has 6 heteroatoms. The van der Waals surface area contributed by atoms with E-state index in [1.165, 1.54) is 0 Å². The Morgan fingerprint density at radius 3 is 2.40 bits per heavy atom. The van der Waals surface area contributed by atoms with Crippen molar-refractivity contribution >= 4 is 17.5 Å². The van der Waals surface area contributed by atoms with Gasteiger partial charge in [0.2, 0.25) is 5.95 Å². The molecular weight excluding hydrogens is 316 g/mol. The number of para-hydroxylation sites is 1. The lowest BCUT2D eigenvalue weighted by Gasteiger charge is -2.10. The zero-order valence-electron chi connectivity index (χ0n) is 13.9. The highest BCUT2D eigenvalue weighted by Crippen LogP contribution is 2.24. The number of aliphatic hydroxyl groups is 1. The van der Waals surface area contributed by atoms with Crippen LogP contribution in [0.3, 0.4) is 0 Å². The minimum atomic E-state index is 0.0307. The SMILES string of the molecule is Cc1cc(Nc2ccc(Oc3ccccc3)cc2)nc(NCCO)n1. The van der Waals surface area contributed by atoms with Gasteiger partial charge in [-0.2, -0.15) is 4.98 Å². The highest BCUT2D eigenvalue weighted by Gasteiger charge is 2.03. The van der Waals surface area contributed by atoms with Gasteiger partial charge in [-0.15, -0.1) is 0 Å². The van der Waals surface area contributed by atoms with Crippen LogP contribution < -0.4 is 15.4 Å². The minimum absolute atomic E-state index is 0.0307. The second kappa shape index (κ2) is 8.12. The lowest BCUT2D eigenvalue weighted by Crippen LogP contribution is -2.10. The van der Waals surface area contributed by atoms with Crippen molar-refractivity contribution in [3.05, 3.63) is 66.4 Å². The largest absolute Gasteiger partial charge is 0.457 e. The van der Waals surface area contributed by atoms with E-state index in [0.717, 1.165) is 22.9 Å². The predicted octanol–water partition coefficient (Wildman–Crippen LogP) is 3.73. The Labute approximate surface area is 146 Å². The van der Waals surface area contributed by atoms with Crippen molar-refractivity contribution < 1.29 is 9.84 Å². The molecule has 2 aromatic carbocycles. The summed E-state index contributed by atoms with van der Waals surface area (Å²) in [7, 11) is 0. The van der Waals surface area contributed by atoms with Crippen molar-refractivity contribution in [2.45, 2.75) is 6.92 Å². The van der Waals surface area contributed by atoms with Crippen LogP contribution in [-0.4, -0.2) is 28.2 Å². The molecule has 3 rings (SSSR count). The molecule has 0 bridgehead atoms. The fraction of sp³-hybridized carbons (Fsp3) is 0.158. The summed E-state index contributed by atoms with van der Waals surface area (Å²) in [6.45, 7) is 2.34. The van der Waals surface area contributed by atoms with Gasteiger partial charge in [-0.05, 0) is 43.3 Å². The topological polar surface area (TPSA) is 79.3 Å². The van der Waals surface area contributed by atoms with Crippen LogP contribution in [0.4, 0.5) is 17.5 Å². The molecule has 0 amide bonds. The zero-order chi connectivity index (χ0) is 17.5. The van der Waals surface area contributed by atoms with E-state index in [0.29, 0.717) is 18.3 Å². The molecule has 0 aliphatic rings. The number of benzene rings is 2. The molecule has 1 aromatic heterocycles. The number of rotatable bonds is 7. The number of ether oxygens (including phenoxy) is 1. The average Bonchev–Trinajstić information content (AvgIpc) is 2.62. The number of nitrogens with one attached hydrogen (secondary N) is 2. The average molecular weight is 336 g/mol. The van der Waals surface area contributed by atoms with E-state index in [4.69, 9.17) is 9.84 Å². The van der Waals surface area contributed by atoms with Gasteiger partial charge in [-0.3, -0.25) is 0 Å². The fourth-order valence-electron chi connectivity index (χ4n) is 2.26. The lowest BCUT2D eigenvalue weighted by atomic mass is 10.3. The molecule has 0 saturated carbocycles. The van der Waals surface area contributed by atoms with Crippen LogP contribution in [0.5, 0.6) is 11.5 Å². The molecule has 3 N–H and O–H groups in total. The van der Waals surface area contributed by atoms with E-state index in [1.54, 1.807) is 0 Å². The van der Waals surface area contributed by atoms with Crippen molar-refractivity contribution in [3.63, 3.8) is 0 Å². The summed E-state index contributed by atoms with van der Waals surface area (Å²) in [4.78, 5) is 8.66. The maximum absolute atomic E-state index is 8.89. The van der Waals surface area contributed by atoms with Crippen LogP contribution in [-0.2, 0) is 0 Å². The molecule has 1 heterocycles. The minimum Gasteiger partial charge on any atom is -0.457 e. The van der Waals surface area contributed by atoms with Crippen LogP contribution in [0, 0.1) is 6.92 Å². The Morgan fingerprint density at radius 1 is 0.960 bits per heavy atom. The molecule has 0 radical (unpaired) electrons. The molecule has 3 aromatic rings. The number of aromatic nitrogens is 2. The normalized spacial score (nSPS) is 10.3. The first kappa shape index (κ1) is 16.7. The number of nitrogens with zero attached hydrogens (tertiary/aromatic N) is 2. The molecule has 0 fully saturated rings. The van der Waals surface area contributed by atoms with Gasteiger partial charge < -0.3 is 20.5 Å². The number of anilines is 3. The maximum Gasteiger partial charge on any atom is 0.224 e. The van der Waals surface area contributed by atoms with E-state index in [9.17, 15) is 0 Å².